The molecule has 0 atom stereocenters. The van der Waals surface area contributed by atoms with Crippen molar-refractivity contribution in [2.75, 3.05) is 0 Å². The predicted octanol–water partition coefficient (Wildman–Crippen LogP) is 4.13. The molecular weight excluding hydrogens is 354 g/mol. The Bertz CT molecular complexity index is 946. The summed E-state index contributed by atoms with van der Waals surface area (Å²) in [5.41, 5.74) is 3.23. The van der Waals surface area contributed by atoms with Gasteiger partial charge in [0, 0.05) is 25.4 Å². The quantitative estimate of drug-likeness (QED) is 0.697. The molecule has 0 unspecified atom stereocenters. The summed E-state index contributed by atoms with van der Waals surface area (Å²) in [5.74, 6) is 1.37. The third-order valence-electron chi connectivity index (χ3n) is 4.54. The van der Waals surface area contributed by atoms with Crippen molar-refractivity contribution in [1.82, 2.24) is 15.1 Å². The Morgan fingerprint density at radius 2 is 1.89 bits per heavy atom. The van der Waals surface area contributed by atoms with Gasteiger partial charge in [0.2, 0.25) is 0 Å². The number of nitrogens with zero attached hydrogens (tertiary/aromatic N) is 2. The molecule has 0 spiro atoms. The molecular formula is C22H27N3O3. The Morgan fingerprint density at radius 3 is 2.50 bits per heavy atom. The molecule has 6 nitrogen and oxygen atoms in total. The molecule has 0 saturated heterocycles. The first-order valence-electron chi connectivity index (χ1n) is 9.32. The van der Waals surface area contributed by atoms with Crippen LogP contribution in [0.25, 0.3) is 0 Å². The second kappa shape index (κ2) is 7.92. The van der Waals surface area contributed by atoms with Crippen LogP contribution >= 0.6 is 0 Å². The van der Waals surface area contributed by atoms with Crippen molar-refractivity contribution in [3.05, 3.63) is 70.9 Å². The molecule has 1 aromatic carbocycles. The molecule has 6 heteroatoms. The van der Waals surface area contributed by atoms with Crippen LogP contribution in [-0.2, 0) is 25.6 Å². The lowest BCUT2D eigenvalue weighted by Crippen LogP contribution is -2.22. The number of amides is 1. The maximum Gasteiger partial charge on any atom is 0.287 e. The Hall–Kier alpha value is -3.02. The van der Waals surface area contributed by atoms with Crippen molar-refractivity contribution < 1.29 is 13.9 Å². The highest BCUT2D eigenvalue weighted by atomic mass is 16.5. The minimum atomic E-state index is -0.260. The van der Waals surface area contributed by atoms with E-state index in [9.17, 15) is 4.79 Å². The fraction of sp³-hybridized carbons (Fsp3) is 0.364. The number of rotatable bonds is 6. The second-order valence-corrected chi connectivity index (χ2v) is 7.93. The zero-order chi connectivity index (χ0) is 20.3. The number of benzene rings is 1. The Labute approximate surface area is 165 Å². The summed E-state index contributed by atoms with van der Waals surface area (Å²) < 4.78 is 13.1. The lowest BCUT2D eigenvalue weighted by Gasteiger charge is -2.19. The maximum atomic E-state index is 12.3. The molecule has 2 heterocycles. The molecule has 0 aliphatic heterocycles. The van der Waals surface area contributed by atoms with Gasteiger partial charge in [0.05, 0.1) is 5.69 Å². The molecule has 28 heavy (non-hydrogen) atoms. The van der Waals surface area contributed by atoms with Crippen LogP contribution in [0.15, 0.2) is 47.0 Å². The number of nitrogens with one attached hydrogen (secondary N) is 1. The molecule has 2 aromatic heterocycles. The summed E-state index contributed by atoms with van der Waals surface area (Å²) in [6.45, 7) is 9.11. The Morgan fingerprint density at radius 1 is 1.18 bits per heavy atom. The summed E-state index contributed by atoms with van der Waals surface area (Å²) in [6.07, 6.45) is 1.89. The van der Waals surface area contributed by atoms with Crippen LogP contribution in [0.4, 0.5) is 0 Å². The fourth-order valence-electron chi connectivity index (χ4n) is 2.87. The summed E-state index contributed by atoms with van der Waals surface area (Å²) in [6, 6.07) is 11.5. The van der Waals surface area contributed by atoms with Crippen molar-refractivity contribution in [1.29, 1.82) is 0 Å². The van der Waals surface area contributed by atoms with Crippen LogP contribution in [0.3, 0.4) is 0 Å². The standard InChI is InChI=1S/C22H27N3O3/c1-15-16(13-25(5)24-15)12-23-21(26)20-11-10-19(28-20)14-27-18-8-6-17(7-9-18)22(2,3)4/h6-11,13H,12,14H2,1-5H3,(H,23,26). The van der Waals surface area contributed by atoms with E-state index >= 15 is 0 Å². The summed E-state index contributed by atoms with van der Waals surface area (Å²) >= 11 is 0. The van der Waals surface area contributed by atoms with Gasteiger partial charge in [-0.1, -0.05) is 32.9 Å². The van der Waals surface area contributed by atoms with Gasteiger partial charge in [-0.3, -0.25) is 9.48 Å². The molecule has 148 valence electrons. The third-order valence-corrected chi connectivity index (χ3v) is 4.54. The van der Waals surface area contributed by atoms with Gasteiger partial charge >= 0.3 is 0 Å². The highest BCUT2D eigenvalue weighted by molar-refractivity contribution is 5.91. The number of hydrogen-bond acceptors (Lipinski definition) is 4. The van der Waals surface area contributed by atoms with Crippen molar-refractivity contribution in [2.45, 2.75) is 46.3 Å². The Kier molecular flexibility index (Phi) is 5.58. The van der Waals surface area contributed by atoms with E-state index in [1.165, 1.54) is 5.56 Å². The number of carbonyl (C=O) groups excluding carboxylic acids is 1. The van der Waals surface area contributed by atoms with Crippen LogP contribution in [0.1, 0.15) is 53.9 Å². The maximum absolute atomic E-state index is 12.3. The monoisotopic (exact) mass is 381 g/mol. The molecule has 0 fully saturated rings. The number of aryl methyl sites for hydroxylation is 2. The molecule has 3 aromatic rings. The number of aromatic nitrogens is 2. The normalized spacial score (nSPS) is 11.5. The largest absolute Gasteiger partial charge is 0.486 e. The first-order valence-corrected chi connectivity index (χ1v) is 9.32. The molecule has 0 aliphatic carbocycles. The average Bonchev–Trinajstić information content (AvgIpc) is 3.23. The lowest BCUT2D eigenvalue weighted by atomic mass is 9.87. The summed E-state index contributed by atoms with van der Waals surface area (Å²) in [7, 11) is 1.85. The molecule has 0 aliphatic rings. The van der Waals surface area contributed by atoms with Crippen molar-refractivity contribution in [3.63, 3.8) is 0 Å². The van der Waals surface area contributed by atoms with Gasteiger partial charge in [-0.2, -0.15) is 5.10 Å². The Balaban J connectivity index is 1.53. The van der Waals surface area contributed by atoms with Crippen molar-refractivity contribution in [3.8, 4) is 5.75 Å². The van der Waals surface area contributed by atoms with Gasteiger partial charge in [-0.15, -0.1) is 0 Å². The van der Waals surface area contributed by atoms with E-state index in [4.69, 9.17) is 9.15 Å². The van der Waals surface area contributed by atoms with Gasteiger partial charge in [0.25, 0.3) is 5.91 Å². The van der Waals surface area contributed by atoms with Crippen LogP contribution in [0.2, 0.25) is 0 Å². The molecule has 1 amide bonds. The van der Waals surface area contributed by atoms with Crippen molar-refractivity contribution >= 4 is 5.91 Å². The van der Waals surface area contributed by atoms with Crippen LogP contribution < -0.4 is 10.1 Å². The number of ether oxygens (including phenoxy) is 1. The molecule has 0 saturated carbocycles. The van der Waals surface area contributed by atoms with E-state index in [1.807, 2.05) is 32.3 Å². The zero-order valence-electron chi connectivity index (χ0n) is 17.1. The molecule has 0 radical (unpaired) electrons. The van der Waals surface area contributed by atoms with Gasteiger partial charge in [0.15, 0.2) is 5.76 Å². The number of hydrogen-bond donors (Lipinski definition) is 1. The SMILES string of the molecule is Cc1nn(C)cc1CNC(=O)c1ccc(COc2ccc(C(C)(C)C)cc2)o1. The summed E-state index contributed by atoms with van der Waals surface area (Å²) in [4.78, 5) is 12.3. The van der Waals surface area contributed by atoms with Crippen LogP contribution in [0.5, 0.6) is 5.75 Å². The van der Waals surface area contributed by atoms with Gasteiger partial charge < -0.3 is 14.5 Å². The average molecular weight is 381 g/mol. The highest BCUT2D eigenvalue weighted by Crippen LogP contribution is 2.24. The number of carbonyl (C=O) groups is 1. The highest BCUT2D eigenvalue weighted by Gasteiger charge is 2.14. The van der Waals surface area contributed by atoms with Crippen LogP contribution in [-0.4, -0.2) is 15.7 Å². The van der Waals surface area contributed by atoms with Gasteiger partial charge in [-0.25, -0.2) is 0 Å². The first kappa shape index (κ1) is 19.7. The smallest absolute Gasteiger partial charge is 0.287 e. The van der Waals surface area contributed by atoms with E-state index in [1.54, 1.807) is 16.8 Å². The van der Waals surface area contributed by atoms with Gasteiger partial charge in [0.1, 0.15) is 18.1 Å². The lowest BCUT2D eigenvalue weighted by molar-refractivity contribution is 0.0919. The molecule has 0 bridgehead atoms. The van der Waals surface area contributed by atoms with E-state index in [0.717, 1.165) is 17.0 Å². The molecule has 3 rings (SSSR count). The van der Waals surface area contributed by atoms with E-state index < -0.39 is 0 Å². The number of furan rings is 1. The third kappa shape index (κ3) is 4.82. The summed E-state index contributed by atoms with van der Waals surface area (Å²) in [5, 5.41) is 7.11. The van der Waals surface area contributed by atoms with Gasteiger partial charge in [-0.05, 0) is 42.2 Å². The zero-order valence-corrected chi connectivity index (χ0v) is 17.1. The van der Waals surface area contributed by atoms with Crippen molar-refractivity contribution in [2.24, 2.45) is 7.05 Å². The molecule has 1 N–H and O–H groups in total. The minimum absolute atomic E-state index is 0.107. The topological polar surface area (TPSA) is 69.3 Å². The second-order valence-electron chi connectivity index (χ2n) is 7.93. The van der Waals surface area contributed by atoms with Crippen LogP contribution in [0, 0.1) is 6.92 Å². The predicted molar refractivity (Wildman–Crippen MR) is 107 cm³/mol. The minimum Gasteiger partial charge on any atom is -0.486 e. The van der Waals surface area contributed by atoms with E-state index in [-0.39, 0.29) is 23.7 Å². The fourth-order valence-corrected chi connectivity index (χ4v) is 2.87. The van der Waals surface area contributed by atoms with E-state index in [2.05, 4.69) is 43.3 Å². The van der Waals surface area contributed by atoms with E-state index in [0.29, 0.717) is 12.3 Å². The first-order chi connectivity index (χ1) is 13.2.